The van der Waals surface area contributed by atoms with Crippen molar-refractivity contribution in [2.24, 2.45) is 5.73 Å². The van der Waals surface area contributed by atoms with Crippen LogP contribution in [-0.2, 0) is 24.2 Å². The first-order valence-corrected chi connectivity index (χ1v) is 9.10. The normalized spacial score (nSPS) is 19.3. The Balaban J connectivity index is 1.93. The predicted molar refractivity (Wildman–Crippen MR) is 98.5 cm³/mol. The van der Waals surface area contributed by atoms with Crippen molar-refractivity contribution in [3.05, 3.63) is 46.7 Å². The van der Waals surface area contributed by atoms with Crippen LogP contribution in [0, 0.1) is 0 Å². The van der Waals surface area contributed by atoms with E-state index in [1.54, 1.807) is 0 Å². The molecule has 24 heavy (non-hydrogen) atoms. The van der Waals surface area contributed by atoms with Crippen molar-refractivity contribution in [2.75, 3.05) is 0 Å². The maximum Gasteiger partial charge on any atom is 0.141 e. The van der Waals surface area contributed by atoms with Crippen molar-refractivity contribution in [3.63, 3.8) is 0 Å². The molecule has 1 fully saturated rings. The van der Waals surface area contributed by atoms with Gasteiger partial charge in [0.1, 0.15) is 5.78 Å². The molecule has 1 saturated carbocycles. The second-order valence-electron chi connectivity index (χ2n) is 7.48. The fraction of sp³-hybridized carbons (Fsp3) is 0.524. The number of nitrogens with two attached hydrogens (primary N) is 1. The van der Waals surface area contributed by atoms with E-state index in [9.17, 15) is 4.79 Å². The molecular weight excluding hydrogens is 296 g/mol. The third kappa shape index (κ3) is 3.33. The molecule has 128 valence electrons. The van der Waals surface area contributed by atoms with Crippen LogP contribution < -0.4 is 11.1 Å². The second kappa shape index (κ2) is 6.96. The molecule has 1 aromatic rings. The standard InChI is InChI=1S/C21H28N2O/c1-3-20(23-21(2)10-6-4-5-7-11-21)17-9-8-15-12-16(24)13-18(15)19(17)14-22/h8-9,23H,1,4-7,10-14,22H2,2H3. The number of benzene rings is 1. The number of ketones is 1. The number of nitrogens with one attached hydrogen (secondary N) is 1. The monoisotopic (exact) mass is 324 g/mol. The fourth-order valence-electron chi connectivity index (χ4n) is 4.21. The number of Topliss-reactive ketones (excluding diaryl/α,β-unsaturated/α-hetero) is 1. The first-order valence-electron chi connectivity index (χ1n) is 9.10. The van der Waals surface area contributed by atoms with E-state index in [4.69, 9.17) is 5.73 Å². The van der Waals surface area contributed by atoms with Crippen LogP contribution in [0.15, 0.2) is 24.4 Å². The van der Waals surface area contributed by atoms with Crippen molar-refractivity contribution in [1.29, 1.82) is 0 Å². The molecule has 0 heterocycles. The Hall–Kier alpha value is -1.83. The maximum absolute atomic E-state index is 11.8. The molecule has 2 aliphatic rings. The molecule has 0 unspecified atom stereocenters. The van der Waals surface area contributed by atoms with Crippen molar-refractivity contribution >= 4 is 11.5 Å². The van der Waals surface area contributed by atoms with Crippen LogP contribution in [0.2, 0.25) is 0 Å². The molecule has 0 amide bonds. The maximum atomic E-state index is 11.8. The molecule has 0 aromatic heterocycles. The van der Waals surface area contributed by atoms with Crippen LogP contribution >= 0.6 is 0 Å². The van der Waals surface area contributed by atoms with E-state index in [1.165, 1.54) is 38.5 Å². The number of hydrogen-bond acceptors (Lipinski definition) is 3. The molecular formula is C21H28N2O. The van der Waals surface area contributed by atoms with Gasteiger partial charge in [0.2, 0.25) is 0 Å². The van der Waals surface area contributed by atoms with Crippen LogP contribution in [0.3, 0.4) is 0 Å². The van der Waals surface area contributed by atoms with E-state index in [2.05, 4.69) is 36.7 Å². The highest BCUT2D eigenvalue weighted by atomic mass is 16.1. The Morgan fingerprint density at radius 2 is 1.96 bits per heavy atom. The minimum atomic E-state index is 0.0806. The zero-order chi connectivity index (χ0) is 17.2. The second-order valence-corrected chi connectivity index (χ2v) is 7.48. The Morgan fingerprint density at radius 1 is 1.25 bits per heavy atom. The van der Waals surface area contributed by atoms with Crippen molar-refractivity contribution in [3.8, 4) is 0 Å². The smallest absolute Gasteiger partial charge is 0.141 e. The molecule has 3 heteroatoms. The van der Waals surface area contributed by atoms with Crippen molar-refractivity contribution in [2.45, 2.75) is 70.4 Å². The zero-order valence-corrected chi connectivity index (χ0v) is 14.7. The van der Waals surface area contributed by atoms with Gasteiger partial charge in [-0.05, 0) is 36.5 Å². The van der Waals surface area contributed by atoms with E-state index in [0.717, 1.165) is 28.0 Å². The van der Waals surface area contributed by atoms with E-state index in [1.807, 2.05) is 0 Å². The van der Waals surface area contributed by atoms with Gasteiger partial charge in [0, 0.05) is 30.5 Å². The van der Waals surface area contributed by atoms with Gasteiger partial charge in [0.05, 0.1) is 5.70 Å². The molecule has 3 rings (SSSR count). The minimum absolute atomic E-state index is 0.0806. The van der Waals surface area contributed by atoms with E-state index in [-0.39, 0.29) is 11.3 Å². The summed E-state index contributed by atoms with van der Waals surface area (Å²) in [5.41, 5.74) is 14.6. The van der Waals surface area contributed by atoms with Gasteiger partial charge < -0.3 is 11.1 Å². The Bertz CT molecular complexity index is 690. The summed E-state index contributed by atoms with van der Waals surface area (Å²) in [5, 5.41) is 3.72. The summed E-state index contributed by atoms with van der Waals surface area (Å²) >= 11 is 0. The summed E-state index contributed by atoms with van der Waals surface area (Å²) in [5.74, 6) is 0.282. The molecule has 0 radical (unpaired) electrons. The SMILES string of the molecule is C=C=C(NC1(C)CCCCCC1)c1ccc2c(c1CN)CC(=O)C2. The molecule has 2 aliphatic carbocycles. The Kier molecular flexibility index (Phi) is 4.93. The number of fused-ring (bicyclic) bond motifs is 1. The fourth-order valence-corrected chi connectivity index (χ4v) is 4.21. The Labute approximate surface area is 145 Å². The van der Waals surface area contributed by atoms with Crippen LogP contribution in [0.4, 0.5) is 0 Å². The largest absolute Gasteiger partial charge is 0.373 e. The van der Waals surface area contributed by atoms with Crippen molar-refractivity contribution < 1.29 is 4.79 Å². The highest BCUT2D eigenvalue weighted by molar-refractivity contribution is 5.89. The van der Waals surface area contributed by atoms with Gasteiger partial charge in [-0.3, -0.25) is 4.79 Å². The Morgan fingerprint density at radius 3 is 2.58 bits per heavy atom. The van der Waals surface area contributed by atoms with Gasteiger partial charge in [-0.25, -0.2) is 0 Å². The molecule has 0 atom stereocenters. The summed E-state index contributed by atoms with van der Waals surface area (Å²) in [6, 6.07) is 4.16. The first kappa shape index (κ1) is 17.0. The quantitative estimate of drug-likeness (QED) is 0.657. The van der Waals surface area contributed by atoms with Gasteiger partial charge in [0.15, 0.2) is 0 Å². The lowest BCUT2D eigenvalue weighted by Crippen LogP contribution is -2.40. The van der Waals surface area contributed by atoms with Gasteiger partial charge in [-0.15, -0.1) is 5.73 Å². The van der Waals surface area contributed by atoms with E-state index >= 15 is 0 Å². The predicted octanol–water partition coefficient (Wildman–Crippen LogP) is 3.64. The summed E-state index contributed by atoms with van der Waals surface area (Å²) in [4.78, 5) is 11.8. The van der Waals surface area contributed by atoms with Gasteiger partial charge >= 0.3 is 0 Å². The highest BCUT2D eigenvalue weighted by Gasteiger charge is 2.28. The van der Waals surface area contributed by atoms with Gasteiger partial charge in [-0.2, -0.15) is 0 Å². The average molecular weight is 324 g/mol. The average Bonchev–Trinajstić information content (AvgIpc) is 2.81. The topological polar surface area (TPSA) is 55.1 Å². The van der Waals surface area contributed by atoms with Crippen LogP contribution in [-0.4, -0.2) is 11.3 Å². The van der Waals surface area contributed by atoms with Crippen LogP contribution in [0.1, 0.15) is 67.7 Å². The molecule has 0 bridgehead atoms. The minimum Gasteiger partial charge on any atom is -0.373 e. The van der Waals surface area contributed by atoms with Crippen LogP contribution in [0.5, 0.6) is 0 Å². The first-order chi connectivity index (χ1) is 11.6. The molecule has 0 saturated heterocycles. The number of rotatable bonds is 4. The molecule has 3 N–H and O–H groups in total. The summed E-state index contributed by atoms with van der Waals surface area (Å²) in [6.07, 6.45) is 8.54. The number of hydrogen-bond donors (Lipinski definition) is 2. The number of carbonyl (C=O) groups is 1. The molecule has 0 aliphatic heterocycles. The zero-order valence-electron chi connectivity index (χ0n) is 14.7. The lowest BCUT2D eigenvalue weighted by atomic mass is 9.90. The lowest BCUT2D eigenvalue weighted by Gasteiger charge is -2.32. The van der Waals surface area contributed by atoms with Crippen molar-refractivity contribution in [1.82, 2.24) is 5.32 Å². The summed E-state index contributed by atoms with van der Waals surface area (Å²) in [7, 11) is 0. The number of carbonyl (C=O) groups excluding carboxylic acids is 1. The summed E-state index contributed by atoms with van der Waals surface area (Å²) < 4.78 is 0. The van der Waals surface area contributed by atoms with E-state index < -0.39 is 0 Å². The molecule has 0 spiro atoms. The van der Waals surface area contributed by atoms with Gasteiger partial charge in [0.25, 0.3) is 0 Å². The third-order valence-electron chi connectivity index (χ3n) is 5.57. The molecule has 3 nitrogen and oxygen atoms in total. The molecule has 1 aromatic carbocycles. The van der Waals surface area contributed by atoms with Gasteiger partial charge in [-0.1, -0.05) is 44.4 Å². The lowest BCUT2D eigenvalue weighted by molar-refractivity contribution is -0.117. The van der Waals surface area contributed by atoms with E-state index in [0.29, 0.717) is 19.4 Å². The third-order valence-corrected chi connectivity index (χ3v) is 5.57. The van der Waals surface area contributed by atoms with Crippen LogP contribution in [0.25, 0.3) is 5.70 Å². The summed E-state index contributed by atoms with van der Waals surface area (Å²) in [6.45, 7) is 6.65. The highest BCUT2D eigenvalue weighted by Crippen LogP contribution is 2.32.